The Morgan fingerprint density at radius 3 is 2.56 bits per heavy atom. The SMILES string of the molecule is CCCNS(=O)(=O)c1cc(C(=O)NCc2ccncc2)ccc1OC. The first kappa shape index (κ1) is 18.9. The second-order valence-electron chi connectivity index (χ2n) is 5.30. The number of amides is 1. The lowest BCUT2D eigenvalue weighted by atomic mass is 10.2. The largest absolute Gasteiger partial charge is 0.495 e. The number of carbonyl (C=O) groups excluding carboxylic acids is 1. The molecule has 0 fully saturated rings. The van der Waals surface area contributed by atoms with Gasteiger partial charge in [-0.1, -0.05) is 6.92 Å². The number of rotatable bonds is 8. The van der Waals surface area contributed by atoms with Gasteiger partial charge in [0, 0.05) is 31.0 Å². The van der Waals surface area contributed by atoms with Crippen molar-refractivity contribution in [3.05, 3.63) is 53.9 Å². The third-order valence-corrected chi connectivity index (χ3v) is 4.94. The summed E-state index contributed by atoms with van der Waals surface area (Å²) >= 11 is 0. The van der Waals surface area contributed by atoms with E-state index in [1.54, 1.807) is 24.5 Å². The topological polar surface area (TPSA) is 97.4 Å². The van der Waals surface area contributed by atoms with Crippen molar-refractivity contribution in [1.82, 2.24) is 15.0 Å². The van der Waals surface area contributed by atoms with E-state index in [1.807, 2.05) is 6.92 Å². The van der Waals surface area contributed by atoms with Crippen molar-refractivity contribution in [3.63, 3.8) is 0 Å². The molecule has 1 aromatic heterocycles. The molecule has 0 bridgehead atoms. The molecule has 0 aliphatic heterocycles. The first-order valence-electron chi connectivity index (χ1n) is 7.82. The lowest BCUT2D eigenvalue weighted by Crippen LogP contribution is -2.26. The highest BCUT2D eigenvalue weighted by Crippen LogP contribution is 2.24. The van der Waals surface area contributed by atoms with Gasteiger partial charge in [-0.25, -0.2) is 13.1 Å². The van der Waals surface area contributed by atoms with E-state index in [0.717, 1.165) is 5.56 Å². The Kier molecular flexibility index (Phi) is 6.49. The fourth-order valence-electron chi connectivity index (χ4n) is 2.13. The maximum absolute atomic E-state index is 12.4. The summed E-state index contributed by atoms with van der Waals surface area (Å²) in [6.07, 6.45) is 3.94. The van der Waals surface area contributed by atoms with Crippen molar-refractivity contribution >= 4 is 15.9 Å². The van der Waals surface area contributed by atoms with Crippen LogP contribution in [-0.2, 0) is 16.6 Å². The van der Waals surface area contributed by atoms with E-state index in [1.165, 1.54) is 25.3 Å². The summed E-state index contributed by atoms with van der Waals surface area (Å²) in [5.41, 5.74) is 1.14. The molecule has 0 unspecified atom stereocenters. The second kappa shape index (κ2) is 8.59. The molecule has 7 nitrogen and oxygen atoms in total. The van der Waals surface area contributed by atoms with Gasteiger partial charge in [0.15, 0.2) is 0 Å². The van der Waals surface area contributed by atoms with Crippen LogP contribution in [0.3, 0.4) is 0 Å². The number of aromatic nitrogens is 1. The number of hydrogen-bond donors (Lipinski definition) is 2. The first-order valence-corrected chi connectivity index (χ1v) is 9.31. The van der Waals surface area contributed by atoms with Crippen LogP contribution < -0.4 is 14.8 Å². The maximum atomic E-state index is 12.4. The van der Waals surface area contributed by atoms with Crippen LogP contribution in [0.15, 0.2) is 47.6 Å². The maximum Gasteiger partial charge on any atom is 0.251 e. The van der Waals surface area contributed by atoms with Crippen molar-refractivity contribution < 1.29 is 17.9 Å². The van der Waals surface area contributed by atoms with Gasteiger partial charge in [0.05, 0.1) is 7.11 Å². The number of sulfonamides is 1. The van der Waals surface area contributed by atoms with Crippen LogP contribution in [0.4, 0.5) is 0 Å². The van der Waals surface area contributed by atoms with Gasteiger partial charge in [-0.3, -0.25) is 9.78 Å². The average molecular weight is 363 g/mol. The Morgan fingerprint density at radius 1 is 1.20 bits per heavy atom. The molecule has 0 saturated heterocycles. The Balaban J connectivity index is 2.21. The molecular weight excluding hydrogens is 342 g/mol. The van der Waals surface area contributed by atoms with E-state index < -0.39 is 10.0 Å². The van der Waals surface area contributed by atoms with Crippen LogP contribution in [0, 0.1) is 0 Å². The monoisotopic (exact) mass is 363 g/mol. The molecular formula is C17H21N3O4S. The summed E-state index contributed by atoms with van der Waals surface area (Å²) in [6.45, 7) is 2.50. The molecule has 2 N–H and O–H groups in total. The smallest absolute Gasteiger partial charge is 0.251 e. The number of carbonyl (C=O) groups is 1. The standard InChI is InChI=1S/C17H21N3O4S/c1-3-8-20-25(22,23)16-11-14(4-5-15(16)24-2)17(21)19-12-13-6-9-18-10-7-13/h4-7,9-11,20H,3,8,12H2,1-2H3,(H,19,21). The molecule has 8 heteroatoms. The summed E-state index contributed by atoms with van der Waals surface area (Å²) in [4.78, 5) is 16.2. The van der Waals surface area contributed by atoms with Gasteiger partial charge >= 0.3 is 0 Å². The highest BCUT2D eigenvalue weighted by atomic mass is 32.2. The number of benzene rings is 1. The van der Waals surface area contributed by atoms with Gasteiger partial charge in [0.25, 0.3) is 5.91 Å². The lowest BCUT2D eigenvalue weighted by molar-refractivity contribution is 0.0950. The predicted octanol–water partition coefficient (Wildman–Crippen LogP) is 1.71. The molecule has 1 amide bonds. The highest BCUT2D eigenvalue weighted by molar-refractivity contribution is 7.89. The summed E-state index contributed by atoms with van der Waals surface area (Å²) in [6, 6.07) is 7.90. The Bertz CT molecular complexity index is 823. The summed E-state index contributed by atoms with van der Waals surface area (Å²) in [5, 5.41) is 2.75. The third kappa shape index (κ3) is 5.01. The predicted molar refractivity (Wildman–Crippen MR) is 93.9 cm³/mol. The molecule has 134 valence electrons. The molecule has 0 aliphatic rings. The fraction of sp³-hybridized carbons (Fsp3) is 0.294. The van der Waals surface area contributed by atoms with Crippen LogP contribution in [0.1, 0.15) is 29.3 Å². The van der Waals surface area contributed by atoms with Gasteiger partial charge in [-0.05, 0) is 42.3 Å². The zero-order valence-corrected chi connectivity index (χ0v) is 15.0. The molecule has 0 aliphatic carbocycles. The quantitative estimate of drug-likeness (QED) is 0.744. The van der Waals surface area contributed by atoms with Crippen molar-refractivity contribution in [2.24, 2.45) is 0 Å². The van der Waals surface area contributed by atoms with Gasteiger partial charge in [-0.2, -0.15) is 0 Å². The van der Waals surface area contributed by atoms with Gasteiger partial charge in [0.2, 0.25) is 10.0 Å². The first-order chi connectivity index (χ1) is 12.0. The van der Waals surface area contributed by atoms with Crippen molar-refractivity contribution in [2.45, 2.75) is 24.8 Å². The summed E-state index contributed by atoms with van der Waals surface area (Å²) in [7, 11) is -2.37. The molecule has 1 aromatic carbocycles. The lowest BCUT2D eigenvalue weighted by Gasteiger charge is -2.12. The van der Waals surface area contributed by atoms with E-state index in [0.29, 0.717) is 19.5 Å². The van der Waals surface area contributed by atoms with Crippen molar-refractivity contribution in [3.8, 4) is 5.75 Å². The fourth-order valence-corrected chi connectivity index (χ4v) is 3.45. The zero-order valence-electron chi connectivity index (χ0n) is 14.2. The van der Waals surface area contributed by atoms with E-state index in [9.17, 15) is 13.2 Å². The minimum Gasteiger partial charge on any atom is -0.495 e. The number of methoxy groups -OCH3 is 1. The highest BCUT2D eigenvalue weighted by Gasteiger charge is 2.21. The average Bonchev–Trinajstić information content (AvgIpc) is 2.64. The van der Waals surface area contributed by atoms with E-state index in [2.05, 4.69) is 15.0 Å². The van der Waals surface area contributed by atoms with E-state index in [4.69, 9.17) is 4.74 Å². The minimum atomic E-state index is -3.75. The van der Waals surface area contributed by atoms with Gasteiger partial charge in [-0.15, -0.1) is 0 Å². The Labute approximate surface area is 147 Å². The third-order valence-electron chi connectivity index (χ3n) is 3.46. The molecule has 0 atom stereocenters. The van der Waals surface area contributed by atoms with Crippen LogP contribution in [0.2, 0.25) is 0 Å². The molecule has 0 saturated carbocycles. The molecule has 2 rings (SSSR count). The molecule has 1 heterocycles. The van der Waals surface area contributed by atoms with Crippen molar-refractivity contribution in [1.29, 1.82) is 0 Å². The number of pyridine rings is 1. The summed E-state index contributed by atoms with van der Waals surface area (Å²) < 4.78 is 32.4. The van der Waals surface area contributed by atoms with Gasteiger partial charge < -0.3 is 10.1 Å². The van der Waals surface area contributed by atoms with E-state index >= 15 is 0 Å². The molecule has 2 aromatic rings. The van der Waals surface area contributed by atoms with E-state index in [-0.39, 0.29) is 22.1 Å². The minimum absolute atomic E-state index is 0.0555. The van der Waals surface area contributed by atoms with Crippen molar-refractivity contribution in [2.75, 3.05) is 13.7 Å². The number of nitrogens with zero attached hydrogens (tertiary/aromatic N) is 1. The Morgan fingerprint density at radius 2 is 1.92 bits per heavy atom. The van der Waals surface area contributed by atoms with Crippen LogP contribution >= 0.6 is 0 Å². The molecule has 0 radical (unpaired) electrons. The van der Waals surface area contributed by atoms with Crippen LogP contribution in [0.5, 0.6) is 5.75 Å². The summed E-state index contributed by atoms with van der Waals surface area (Å²) in [5.74, 6) is -0.180. The number of hydrogen-bond acceptors (Lipinski definition) is 5. The van der Waals surface area contributed by atoms with Crippen LogP contribution in [0.25, 0.3) is 0 Å². The zero-order chi connectivity index (χ0) is 18.3. The molecule has 25 heavy (non-hydrogen) atoms. The normalized spacial score (nSPS) is 11.1. The Hall–Kier alpha value is -2.45. The number of ether oxygens (including phenoxy) is 1. The van der Waals surface area contributed by atoms with Gasteiger partial charge in [0.1, 0.15) is 10.6 Å². The second-order valence-corrected chi connectivity index (χ2v) is 7.04. The van der Waals surface area contributed by atoms with Crippen LogP contribution in [-0.4, -0.2) is 33.0 Å². The molecule has 0 spiro atoms. The number of nitrogens with one attached hydrogen (secondary N) is 2.